The van der Waals surface area contributed by atoms with Gasteiger partial charge in [-0.25, -0.2) is 0 Å². The van der Waals surface area contributed by atoms with E-state index in [4.69, 9.17) is 4.74 Å². The van der Waals surface area contributed by atoms with Crippen LogP contribution >= 0.6 is 0 Å². The molecule has 0 spiro atoms. The molecular formula is C15H32N2O. The third kappa shape index (κ3) is 5.25. The number of ether oxygens (including phenoxy) is 1. The first-order chi connectivity index (χ1) is 8.26. The van der Waals surface area contributed by atoms with Gasteiger partial charge in [0.05, 0.1) is 11.2 Å². The summed E-state index contributed by atoms with van der Waals surface area (Å²) in [6, 6.07) is 0.622. The van der Waals surface area contributed by atoms with Crippen LogP contribution in [0.3, 0.4) is 0 Å². The van der Waals surface area contributed by atoms with Crippen molar-refractivity contribution in [3.05, 3.63) is 0 Å². The van der Waals surface area contributed by atoms with E-state index < -0.39 is 0 Å². The van der Waals surface area contributed by atoms with Crippen LogP contribution in [0.4, 0.5) is 0 Å². The summed E-state index contributed by atoms with van der Waals surface area (Å²) < 4.78 is 6.13. The highest BCUT2D eigenvalue weighted by Crippen LogP contribution is 2.29. The quantitative estimate of drug-likeness (QED) is 0.740. The molecule has 0 bridgehead atoms. The lowest BCUT2D eigenvalue weighted by Gasteiger charge is -2.49. The smallest absolute Gasteiger partial charge is 0.0760 e. The first-order valence-electron chi connectivity index (χ1n) is 7.41. The standard InChI is InChI=1S/C15H32N2O/c1-7-9-16-10-8-13(2)17-11-14(3,4)18-15(5,6)12-17/h13,16H,7-12H2,1-6H3. The monoisotopic (exact) mass is 256 g/mol. The van der Waals surface area contributed by atoms with Crippen molar-refractivity contribution in [2.45, 2.75) is 71.6 Å². The van der Waals surface area contributed by atoms with E-state index in [-0.39, 0.29) is 11.2 Å². The van der Waals surface area contributed by atoms with Crippen LogP contribution in [-0.4, -0.2) is 48.3 Å². The van der Waals surface area contributed by atoms with E-state index in [0.29, 0.717) is 6.04 Å². The van der Waals surface area contributed by atoms with Gasteiger partial charge in [0.1, 0.15) is 0 Å². The second kappa shape index (κ2) is 6.36. The molecular weight excluding hydrogens is 224 g/mol. The molecule has 0 radical (unpaired) electrons. The molecule has 0 saturated carbocycles. The highest BCUT2D eigenvalue weighted by Gasteiger charge is 2.39. The molecule has 1 atom stereocenters. The molecule has 3 heteroatoms. The minimum absolute atomic E-state index is 0.0349. The fraction of sp³-hybridized carbons (Fsp3) is 1.00. The van der Waals surface area contributed by atoms with Gasteiger partial charge in [0.15, 0.2) is 0 Å². The molecule has 0 aromatic rings. The summed E-state index contributed by atoms with van der Waals surface area (Å²) in [5, 5.41) is 3.49. The zero-order valence-electron chi connectivity index (χ0n) is 13.2. The van der Waals surface area contributed by atoms with E-state index in [2.05, 4.69) is 51.8 Å². The molecule has 1 fully saturated rings. The zero-order valence-corrected chi connectivity index (χ0v) is 13.2. The third-order valence-electron chi connectivity index (χ3n) is 3.51. The lowest BCUT2D eigenvalue weighted by atomic mass is 9.97. The van der Waals surface area contributed by atoms with Gasteiger partial charge < -0.3 is 10.1 Å². The number of nitrogens with zero attached hydrogens (tertiary/aromatic N) is 1. The summed E-state index contributed by atoms with van der Waals surface area (Å²) in [7, 11) is 0. The van der Waals surface area contributed by atoms with Crippen LogP contribution in [0.15, 0.2) is 0 Å². The van der Waals surface area contributed by atoms with Crippen LogP contribution in [0.2, 0.25) is 0 Å². The molecule has 3 nitrogen and oxygen atoms in total. The van der Waals surface area contributed by atoms with Crippen LogP contribution in [-0.2, 0) is 4.74 Å². The molecule has 1 rings (SSSR count). The van der Waals surface area contributed by atoms with Gasteiger partial charge in [0.2, 0.25) is 0 Å². The Balaban J connectivity index is 2.44. The average molecular weight is 256 g/mol. The summed E-state index contributed by atoms with van der Waals surface area (Å²) in [6.07, 6.45) is 2.43. The lowest BCUT2D eigenvalue weighted by Crippen LogP contribution is -2.59. The fourth-order valence-electron chi connectivity index (χ4n) is 2.95. The van der Waals surface area contributed by atoms with Crippen LogP contribution in [0.25, 0.3) is 0 Å². The Morgan fingerprint density at radius 1 is 1.11 bits per heavy atom. The lowest BCUT2D eigenvalue weighted by molar-refractivity contribution is -0.186. The van der Waals surface area contributed by atoms with Gasteiger partial charge >= 0.3 is 0 Å². The van der Waals surface area contributed by atoms with E-state index in [0.717, 1.165) is 26.2 Å². The second-order valence-corrected chi connectivity index (χ2v) is 6.91. The summed E-state index contributed by atoms with van der Waals surface area (Å²) >= 11 is 0. The van der Waals surface area contributed by atoms with Crippen LogP contribution < -0.4 is 5.32 Å². The minimum Gasteiger partial charge on any atom is -0.367 e. The molecule has 1 N–H and O–H groups in total. The number of morpholine rings is 1. The van der Waals surface area contributed by atoms with Crippen LogP contribution in [0, 0.1) is 0 Å². The first-order valence-corrected chi connectivity index (χ1v) is 7.41. The molecule has 0 aromatic heterocycles. The number of nitrogens with one attached hydrogen (secondary N) is 1. The molecule has 18 heavy (non-hydrogen) atoms. The Hall–Kier alpha value is -0.120. The predicted molar refractivity (Wildman–Crippen MR) is 78.1 cm³/mol. The van der Waals surface area contributed by atoms with Gasteiger partial charge in [0, 0.05) is 19.1 Å². The van der Waals surface area contributed by atoms with Gasteiger partial charge in [0.25, 0.3) is 0 Å². The Bertz CT molecular complexity index is 235. The van der Waals surface area contributed by atoms with E-state index in [1.807, 2.05) is 0 Å². The third-order valence-corrected chi connectivity index (χ3v) is 3.51. The van der Waals surface area contributed by atoms with Crippen molar-refractivity contribution in [1.29, 1.82) is 0 Å². The maximum absolute atomic E-state index is 6.13. The van der Waals surface area contributed by atoms with Crippen molar-refractivity contribution in [3.63, 3.8) is 0 Å². The number of rotatable bonds is 6. The second-order valence-electron chi connectivity index (χ2n) is 6.91. The molecule has 1 aliphatic heterocycles. The minimum atomic E-state index is -0.0349. The molecule has 0 aliphatic carbocycles. The van der Waals surface area contributed by atoms with Crippen LogP contribution in [0.1, 0.15) is 54.4 Å². The van der Waals surface area contributed by atoms with Gasteiger partial charge in [-0.2, -0.15) is 0 Å². The fourth-order valence-corrected chi connectivity index (χ4v) is 2.95. The van der Waals surface area contributed by atoms with Gasteiger partial charge in [-0.05, 0) is 60.5 Å². The number of hydrogen-bond donors (Lipinski definition) is 1. The molecule has 1 heterocycles. The Kier molecular flexibility index (Phi) is 5.63. The van der Waals surface area contributed by atoms with E-state index in [1.165, 1.54) is 12.8 Å². The summed E-state index contributed by atoms with van der Waals surface area (Å²) in [4.78, 5) is 2.58. The Morgan fingerprint density at radius 2 is 1.67 bits per heavy atom. The topological polar surface area (TPSA) is 24.5 Å². The highest BCUT2D eigenvalue weighted by atomic mass is 16.5. The van der Waals surface area contributed by atoms with Crippen molar-refractivity contribution in [1.82, 2.24) is 10.2 Å². The van der Waals surface area contributed by atoms with Crippen molar-refractivity contribution < 1.29 is 4.74 Å². The van der Waals surface area contributed by atoms with Crippen molar-refractivity contribution >= 4 is 0 Å². The largest absolute Gasteiger partial charge is 0.367 e. The first kappa shape index (κ1) is 15.9. The Morgan fingerprint density at radius 3 is 2.17 bits per heavy atom. The van der Waals surface area contributed by atoms with Crippen molar-refractivity contribution in [2.24, 2.45) is 0 Å². The van der Waals surface area contributed by atoms with Gasteiger partial charge in [-0.15, -0.1) is 0 Å². The molecule has 0 aromatic carbocycles. The van der Waals surface area contributed by atoms with Crippen LogP contribution in [0.5, 0.6) is 0 Å². The van der Waals surface area contributed by atoms with Crippen molar-refractivity contribution in [2.75, 3.05) is 26.2 Å². The summed E-state index contributed by atoms with van der Waals surface area (Å²) in [5.74, 6) is 0. The molecule has 1 aliphatic rings. The van der Waals surface area contributed by atoms with Gasteiger partial charge in [-0.1, -0.05) is 6.92 Å². The SMILES string of the molecule is CCCNCCC(C)N1CC(C)(C)OC(C)(C)C1. The normalized spacial score (nSPS) is 25.0. The van der Waals surface area contributed by atoms with E-state index >= 15 is 0 Å². The molecule has 108 valence electrons. The van der Waals surface area contributed by atoms with E-state index in [1.54, 1.807) is 0 Å². The Labute approximate surface area is 113 Å². The zero-order chi connectivity index (χ0) is 13.8. The maximum atomic E-state index is 6.13. The maximum Gasteiger partial charge on any atom is 0.0760 e. The highest BCUT2D eigenvalue weighted by molar-refractivity contribution is 4.91. The molecule has 0 amide bonds. The molecule has 1 unspecified atom stereocenters. The average Bonchev–Trinajstić information content (AvgIpc) is 2.19. The van der Waals surface area contributed by atoms with E-state index in [9.17, 15) is 0 Å². The molecule has 1 saturated heterocycles. The predicted octanol–water partition coefficient (Wildman–Crippen LogP) is 2.65. The number of hydrogen-bond acceptors (Lipinski definition) is 3. The summed E-state index contributed by atoms with van der Waals surface area (Å²) in [5.41, 5.74) is -0.0697. The van der Waals surface area contributed by atoms with Gasteiger partial charge in [-0.3, -0.25) is 4.90 Å². The van der Waals surface area contributed by atoms with Crippen molar-refractivity contribution in [3.8, 4) is 0 Å². The summed E-state index contributed by atoms with van der Waals surface area (Å²) in [6.45, 7) is 17.7.